The minimum Gasteiger partial charge on any atom is -0.398 e. The maximum Gasteiger partial charge on any atom is 0.0453 e. The van der Waals surface area contributed by atoms with E-state index in [4.69, 9.17) is 5.73 Å². The van der Waals surface area contributed by atoms with Gasteiger partial charge in [0.25, 0.3) is 0 Å². The minimum atomic E-state index is 0.797. The number of nitrogen functional groups attached to an aromatic ring is 1. The number of hydrogen-bond donors (Lipinski definition) is 1. The van der Waals surface area contributed by atoms with Gasteiger partial charge in [-0.15, -0.1) is 0 Å². The molecule has 0 heterocycles. The fraction of sp³-hybridized carbons (Fsp3) is 0.360. The topological polar surface area (TPSA) is 32.5 Å². The second kappa shape index (κ2) is 10.6. The molecule has 150 valence electrons. The first-order chi connectivity index (χ1) is 13.4. The Labute approximate surface area is 171 Å². The number of anilines is 3. The predicted molar refractivity (Wildman–Crippen MR) is 125 cm³/mol. The maximum atomic E-state index is 6.21. The van der Waals surface area contributed by atoms with Crippen molar-refractivity contribution in [1.29, 1.82) is 0 Å². The highest BCUT2D eigenvalue weighted by atomic mass is 15.1. The van der Waals surface area contributed by atoms with Crippen molar-refractivity contribution in [2.45, 2.75) is 40.2 Å². The first kappa shape index (κ1) is 21.6. The Kier molecular flexibility index (Phi) is 8.19. The number of nitrogens with zero attached hydrogens (tertiary/aromatic N) is 2. The molecule has 0 unspecified atom stereocenters. The van der Waals surface area contributed by atoms with Crippen LogP contribution in [0.15, 0.2) is 71.8 Å². The Bertz CT molecular complexity index is 797. The highest BCUT2D eigenvalue weighted by Gasteiger charge is 2.09. The average molecular weight is 378 g/mol. The molecule has 0 spiro atoms. The molecule has 0 amide bonds. The van der Waals surface area contributed by atoms with Gasteiger partial charge in [0.15, 0.2) is 0 Å². The van der Waals surface area contributed by atoms with Gasteiger partial charge < -0.3 is 15.5 Å². The quantitative estimate of drug-likeness (QED) is 0.427. The van der Waals surface area contributed by atoms with Crippen molar-refractivity contribution < 1.29 is 0 Å². The van der Waals surface area contributed by atoms with Crippen molar-refractivity contribution in [2.75, 3.05) is 36.2 Å². The lowest BCUT2D eigenvalue weighted by Crippen LogP contribution is -2.23. The van der Waals surface area contributed by atoms with Crippen molar-refractivity contribution >= 4 is 17.1 Å². The molecular weight excluding hydrogens is 342 g/mol. The zero-order valence-electron chi connectivity index (χ0n) is 18.1. The number of rotatable bonds is 9. The lowest BCUT2D eigenvalue weighted by Gasteiger charge is -2.25. The predicted octanol–water partition coefficient (Wildman–Crippen LogP) is 6.03. The van der Waals surface area contributed by atoms with E-state index in [2.05, 4.69) is 93.2 Å². The van der Waals surface area contributed by atoms with E-state index in [0.29, 0.717) is 0 Å². The van der Waals surface area contributed by atoms with E-state index in [1.165, 1.54) is 22.5 Å². The Morgan fingerprint density at radius 1 is 0.893 bits per heavy atom. The molecule has 3 heteroatoms. The van der Waals surface area contributed by atoms with Crippen LogP contribution in [0.4, 0.5) is 17.1 Å². The second-order valence-electron chi connectivity index (χ2n) is 7.86. The SMILES string of the molecule is CC(C)=CCCC(C)=CCN(Cc1ccccc1N)c1ccc(N(C)C)cc1. The number of allylic oxidation sites excluding steroid dienone is 3. The number of para-hydroxylation sites is 1. The van der Waals surface area contributed by atoms with Gasteiger partial charge in [0.1, 0.15) is 0 Å². The second-order valence-corrected chi connectivity index (χ2v) is 7.86. The molecule has 0 bridgehead atoms. The lowest BCUT2D eigenvalue weighted by atomic mass is 10.1. The Morgan fingerprint density at radius 2 is 1.54 bits per heavy atom. The van der Waals surface area contributed by atoms with Crippen molar-refractivity contribution in [3.63, 3.8) is 0 Å². The van der Waals surface area contributed by atoms with E-state index >= 15 is 0 Å². The molecule has 0 saturated carbocycles. The molecule has 3 nitrogen and oxygen atoms in total. The van der Waals surface area contributed by atoms with Crippen molar-refractivity contribution in [1.82, 2.24) is 0 Å². The third kappa shape index (κ3) is 6.80. The van der Waals surface area contributed by atoms with Gasteiger partial charge in [0, 0.05) is 44.2 Å². The Hall–Kier alpha value is -2.68. The standard InChI is InChI=1S/C25H35N3/c1-20(2)9-8-10-21(3)17-18-28(19-22-11-6-7-12-25(22)26)24-15-13-23(14-16-24)27(4)5/h6-7,9,11-17H,8,10,18-19,26H2,1-5H3. The Morgan fingerprint density at radius 3 is 2.14 bits per heavy atom. The van der Waals surface area contributed by atoms with Crippen molar-refractivity contribution in [3.8, 4) is 0 Å². The van der Waals surface area contributed by atoms with Gasteiger partial charge in [-0.05, 0) is 69.5 Å². The summed E-state index contributed by atoms with van der Waals surface area (Å²) in [6, 6.07) is 16.9. The van der Waals surface area contributed by atoms with Gasteiger partial charge in [-0.25, -0.2) is 0 Å². The normalized spacial score (nSPS) is 11.2. The van der Waals surface area contributed by atoms with E-state index in [1.54, 1.807) is 0 Å². The number of hydrogen-bond acceptors (Lipinski definition) is 3. The highest BCUT2D eigenvalue weighted by molar-refractivity contribution is 5.57. The summed E-state index contributed by atoms with van der Waals surface area (Å²) < 4.78 is 0. The summed E-state index contributed by atoms with van der Waals surface area (Å²) in [6.45, 7) is 8.20. The third-order valence-corrected chi connectivity index (χ3v) is 4.90. The summed E-state index contributed by atoms with van der Waals surface area (Å²) in [5.41, 5.74) is 13.4. The molecule has 0 aromatic heterocycles. The van der Waals surface area contributed by atoms with Crippen LogP contribution in [0.1, 0.15) is 39.2 Å². The van der Waals surface area contributed by atoms with Crippen LogP contribution in [-0.4, -0.2) is 20.6 Å². The largest absolute Gasteiger partial charge is 0.398 e. The smallest absolute Gasteiger partial charge is 0.0453 e. The summed E-state index contributed by atoms with van der Waals surface area (Å²) in [6.07, 6.45) is 6.86. The zero-order chi connectivity index (χ0) is 20.5. The molecule has 0 radical (unpaired) electrons. The molecular formula is C25H35N3. The molecule has 2 rings (SSSR count). The zero-order valence-corrected chi connectivity index (χ0v) is 18.1. The summed E-state index contributed by atoms with van der Waals surface area (Å²) in [4.78, 5) is 4.51. The Balaban J connectivity index is 2.18. The summed E-state index contributed by atoms with van der Waals surface area (Å²) in [5, 5.41) is 0. The summed E-state index contributed by atoms with van der Waals surface area (Å²) in [5.74, 6) is 0. The average Bonchev–Trinajstić information content (AvgIpc) is 2.66. The molecule has 0 fully saturated rings. The summed E-state index contributed by atoms with van der Waals surface area (Å²) in [7, 11) is 4.13. The molecule has 2 aromatic carbocycles. The van der Waals surface area contributed by atoms with Crippen LogP contribution < -0.4 is 15.5 Å². The van der Waals surface area contributed by atoms with Gasteiger partial charge in [-0.2, -0.15) is 0 Å². The number of nitrogens with two attached hydrogens (primary N) is 1. The molecule has 0 aliphatic rings. The van der Waals surface area contributed by atoms with Crippen LogP contribution in [0.5, 0.6) is 0 Å². The highest BCUT2D eigenvalue weighted by Crippen LogP contribution is 2.23. The van der Waals surface area contributed by atoms with E-state index in [0.717, 1.165) is 37.2 Å². The van der Waals surface area contributed by atoms with E-state index in [1.807, 2.05) is 12.1 Å². The van der Waals surface area contributed by atoms with Crippen LogP contribution in [0.25, 0.3) is 0 Å². The van der Waals surface area contributed by atoms with Gasteiger partial charge >= 0.3 is 0 Å². The van der Waals surface area contributed by atoms with Crippen molar-refractivity contribution in [3.05, 3.63) is 77.4 Å². The first-order valence-electron chi connectivity index (χ1n) is 10.0. The van der Waals surface area contributed by atoms with Crippen LogP contribution >= 0.6 is 0 Å². The molecule has 0 aliphatic carbocycles. The summed E-state index contributed by atoms with van der Waals surface area (Å²) >= 11 is 0. The fourth-order valence-electron chi connectivity index (χ4n) is 3.06. The molecule has 2 N–H and O–H groups in total. The third-order valence-electron chi connectivity index (χ3n) is 4.90. The monoisotopic (exact) mass is 377 g/mol. The molecule has 28 heavy (non-hydrogen) atoms. The van der Waals surface area contributed by atoms with Crippen LogP contribution in [0.3, 0.4) is 0 Å². The van der Waals surface area contributed by atoms with E-state index in [9.17, 15) is 0 Å². The maximum absolute atomic E-state index is 6.21. The van der Waals surface area contributed by atoms with Crippen LogP contribution in [0, 0.1) is 0 Å². The van der Waals surface area contributed by atoms with Crippen LogP contribution in [0.2, 0.25) is 0 Å². The molecule has 2 aromatic rings. The van der Waals surface area contributed by atoms with E-state index < -0.39 is 0 Å². The van der Waals surface area contributed by atoms with Crippen LogP contribution in [-0.2, 0) is 6.54 Å². The molecule has 0 saturated heterocycles. The van der Waals surface area contributed by atoms with Gasteiger partial charge in [-0.3, -0.25) is 0 Å². The van der Waals surface area contributed by atoms with Crippen molar-refractivity contribution in [2.24, 2.45) is 0 Å². The minimum absolute atomic E-state index is 0.797. The van der Waals surface area contributed by atoms with Gasteiger partial charge in [0.2, 0.25) is 0 Å². The fourth-order valence-corrected chi connectivity index (χ4v) is 3.06. The molecule has 0 aliphatic heterocycles. The molecule has 0 atom stereocenters. The van der Waals surface area contributed by atoms with Gasteiger partial charge in [-0.1, -0.05) is 41.5 Å². The van der Waals surface area contributed by atoms with Gasteiger partial charge in [0.05, 0.1) is 0 Å². The first-order valence-corrected chi connectivity index (χ1v) is 10.0. The lowest BCUT2D eigenvalue weighted by molar-refractivity contribution is 0.856. The van der Waals surface area contributed by atoms with E-state index in [-0.39, 0.29) is 0 Å². The number of benzene rings is 2.